The second-order valence-electron chi connectivity index (χ2n) is 15.0. The van der Waals surface area contributed by atoms with Crippen molar-refractivity contribution in [3.8, 4) is 0 Å². The quantitative estimate of drug-likeness (QED) is 0.321. The molecule has 0 unspecified atom stereocenters. The number of allylic oxidation sites excluding steroid dienone is 1. The maximum absolute atomic E-state index is 15.0. The van der Waals surface area contributed by atoms with Gasteiger partial charge in [0.25, 0.3) is 0 Å². The van der Waals surface area contributed by atoms with Crippen molar-refractivity contribution in [2.45, 2.75) is 89.3 Å². The predicted octanol–water partition coefficient (Wildman–Crippen LogP) is 3.66. The number of hydrogen-bond acceptors (Lipinski definition) is 8. The summed E-state index contributed by atoms with van der Waals surface area (Å²) < 4.78 is 18.9. The minimum Gasteiger partial charge on any atom is -0.455 e. The number of halogens is 1. The van der Waals surface area contributed by atoms with Gasteiger partial charge in [-0.15, -0.1) is 0 Å². The Labute approximate surface area is 291 Å². The topological polar surface area (TPSA) is 135 Å². The van der Waals surface area contributed by atoms with Crippen LogP contribution >= 0.6 is 15.9 Å². The lowest BCUT2D eigenvalue weighted by Gasteiger charge is -2.45. The maximum Gasteiger partial charge on any atom is 0.313 e. The number of ether oxygens (including phenoxy) is 3. The molecule has 1 spiro atoms. The van der Waals surface area contributed by atoms with Crippen LogP contribution < -0.4 is 5.32 Å². The van der Waals surface area contributed by atoms with Crippen LogP contribution in [0.4, 0.5) is 0 Å². The molecule has 4 heterocycles. The van der Waals surface area contributed by atoms with Gasteiger partial charge in [0.15, 0.2) is 0 Å². The Hall–Kier alpha value is -3.06. The number of aliphatic hydroxyl groups is 1. The molecule has 0 aliphatic carbocycles. The molecule has 5 bridgehead atoms. The van der Waals surface area contributed by atoms with E-state index < -0.39 is 59.1 Å². The molecule has 7 atom stereocenters. The van der Waals surface area contributed by atoms with Crippen LogP contribution in [0.3, 0.4) is 0 Å². The summed E-state index contributed by atoms with van der Waals surface area (Å²) in [5.74, 6) is -3.89. The molecule has 11 nitrogen and oxygen atoms in total. The SMILES string of the molecule is COC[C@@H]1NC(=O)CC/C=C\CN(C(C)(C)CC(C)(C)C)C(=O)[C@H]2N(CCO)C(=O)[C@@H]3[C@@H](C(=O)O[C@H]1c1ccccc1)[C@@H]1O[C@@]32C=C1Br. The Morgan fingerprint density at radius 1 is 1.04 bits per heavy atom. The zero-order chi connectivity index (χ0) is 35.0. The van der Waals surface area contributed by atoms with Crippen molar-refractivity contribution in [2.75, 3.05) is 33.4 Å². The summed E-state index contributed by atoms with van der Waals surface area (Å²) in [6, 6.07) is 7.22. The smallest absolute Gasteiger partial charge is 0.313 e. The molecule has 4 aliphatic rings. The number of amides is 3. The number of carbonyl (C=O) groups excluding carboxylic acids is 4. The number of cyclic esters (lactones) is 1. The molecule has 2 fully saturated rings. The number of benzene rings is 1. The van der Waals surface area contributed by atoms with Gasteiger partial charge in [-0.2, -0.15) is 0 Å². The van der Waals surface area contributed by atoms with Crippen LogP contribution in [0.5, 0.6) is 0 Å². The Bertz CT molecular complexity index is 1460. The van der Waals surface area contributed by atoms with Gasteiger partial charge in [0.05, 0.1) is 25.2 Å². The molecule has 1 aromatic carbocycles. The standard InChI is InChI=1S/C36H48BrN3O8/c1-34(2,3)21-35(4,5)40-16-12-8-11-15-25(42)38-24(20-46-6)28(22-13-9-7-10-14-22)47-33(45)26-27-31(43)39(17-18-41)30(32(40)44)36(27)19-23(37)29(26)48-36/h7-10,12-14,19,24,26-30,41H,11,15-18,20-21H2,1-6H3,(H,38,42)/b12-8-/t24-,26+,27-,28-,29+,30+,36-/m0/s1. The highest BCUT2D eigenvalue weighted by Gasteiger charge is 2.75. The van der Waals surface area contributed by atoms with E-state index in [-0.39, 0.29) is 50.0 Å². The molecule has 0 saturated carbocycles. The first-order valence-electron chi connectivity index (χ1n) is 16.6. The number of methoxy groups -OCH3 is 1. The summed E-state index contributed by atoms with van der Waals surface area (Å²) in [7, 11) is 1.51. The fourth-order valence-electron chi connectivity index (χ4n) is 8.19. The Morgan fingerprint density at radius 3 is 2.40 bits per heavy atom. The lowest BCUT2D eigenvalue weighted by atomic mass is 9.74. The number of rotatable bonds is 7. The number of nitrogens with one attached hydrogen (secondary N) is 1. The molecule has 262 valence electrons. The molecule has 12 heteroatoms. The normalized spacial score (nSPS) is 32.2. The van der Waals surface area contributed by atoms with Gasteiger partial charge < -0.3 is 34.4 Å². The van der Waals surface area contributed by atoms with Crippen LogP contribution in [-0.2, 0) is 33.4 Å². The zero-order valence-corrected chi connectivity index (χ0v) is 30.2. The van der Waals surface area contributed by atoms with E-state index in [1.165, 1.54) is 12.0 Å². The first kappa shape index (κ1) is 36.2. The van der Waals surface area contributed by atoms with Crippen LogP contribution in [0.1, 0.15) is 65.5 Å². The summed E-state index contributed by atoms with van der Waals surface area (Å²) in [6.07, 6.45) is 4.95. The van der Waals surface area contributed by atoms with Crippen molar-refractivity contribution >= 4 is 39.6 Å². The van der Waals surface area contributed by atoms with Gasteiger partial charge in [0, 0.05) is 36.6 Å². The summed E-state index contributed by atoms with van der Waals surface area (Å²) in [4.78, 5) is 60.1. The molecule has 48 heavy (non-hydrogen) atoms. The van der Waals surface area contributed by atoms with Crippen molar-refractivity contribution in [1.82, 2.24) is 15.1 Å². The fraction of sp³-hybridized carbons (Fsp3) is 0.611. The van der Waals surface area contributed by atoms with Gasteiger partial charge in [0.1, 0.15) is 29.8 Å². The van der Waals surface area contributed by atoms with Crippen LogP contribution in [0.25, 0.3) is 0 Å². The molecule has 5 rings (SSSR count). The van der Waals surface area contributed by atoms with E-state index in [1.54, 1.807) is 23.1 Å². The second-order valence-corrected chi connectivity index (χ2v) is 15.9. The molecule has 0 radical (unpaired) electrons. The number of aliphatic hydroxyl groups excluding tert-OH is 1. The van der Waals surface area contributed by atoms with Crippen LogP contribution in [0.2, 0.25) is 0 Å². The average molecular weight is 731 g/mol. The number of hydrogen-bond donors (Lipinski definition) is 2. The molecule has 2 N–H and O–H groups in total. The largest absolute Gasteiger partial charge is 0.455 e. The van der Waals surface area contributed by atoms with Gasteiger partial charge >= 0.3 is 5.97 Å². The van der Waals surface area contributed by atoms with Crippen molar-refractivity contribution < 1.29 is 38.5 Å². The molecular formula is C36H48BrN3O8. The first-order valence-corrected chi connectivity index (χ1v) is 17.4. The highest BCUT2D eigenvalue weighted by molar-refractivity contribution is 9.11. The van der Waals surface area contributed by atoms with E-state index in [2.05, 4.69) is 42.0 Å². The van der Waals surface area contributed by atoms with Gasteiger partial charge in [-0.25, -0.2) is 0 Å². The first-order chi connectivity index (χ1) is 22.6. The lowest BCUT2D eigenvalue weighted by molar-refractivity contribution is -0.162. The van der Waals surface area contributed by atoms with Gasteiger partial charge in [-0.05, 0) is 43.7 Å². The third-order valence-corrected chi connectivity index (χ3v) is 10.3. The maximum atomic E-state index is 15.0. The Balaban J connectivity index is 1.64. The summed E-state index contributed by atoms with van der Waals surface area (Å²) in [6.45, 7) is 10.1. The van der Waals surface area contributed by atoms with Crippen molar-refractivity contribution in [3.63, 3.8) is 0 Å². The van der Waals surface area contributed by atoms with Crippen LogP contribution in [0.15, 0.2) is 53.0 Å². The third-order valence-electron chi connectivity index (χ3n) is 9.65. The van der Waals surface area contributed by atoms with E-state index in [0.717, 1.165) is 0 Å². The van der Waals surface area contributed by atoms with E-state index in [4.69, 9.17) is 14.2 Å². The number of esters is 1. The Kier molecular flexibility index (Phi) is 10.6. The fourth-order valence-corrected chi connectivity index (χ4v) is 8.93. The van der Waals surface area contributed by atoms with E-state index in [0.29, 0.717) is 22.9 Å². The van der Waals surface area contributed by atoms with E-state index in [9.17, 15) is 24.3 Å². The highest BCUT2D eigenvalue weighted by atomic mass is 79.9. The number of β-amino-alcohol motifs (C(OH)–C–C–N with tert-alkyl or cyclic N) is 1. The highest BCUT2D eigenvalue weighted by Crippen LogP contribution is 2.59. The zero-order valence-electron chi connectivity index (χ0n) is 28.6. The Morgan fingerprint density at radius 2 is 1.75 bits per heavy atom. The molecule has 0 aromatic heterocycles. The van der Waals surface area contributed by atoms with Crippen molar-refractivity contribution in [1.29, 1.82) is 0 Å². The van der Waals surface area contributed by atoms with Crippen molar-refractivity contribution in [3.05, 3.63) is 58.6 Å². The summed E-state index contributed by atoms with van der Waals surface area (Å²) in [5.41, 5.74) is -1.62. The average Bonchev–Trinajstić information content (AvgIpc) is 3.59. The van der Waals surface area contributed by atoms with Gasteiger partial charge in [0.2, 0.25) is 17.7 Å². The van der Waals surface area contributed by atoms with Crippen LogP contribution in [0, 0.1) is 17.3 Å². The molecular weight excluding hydrogens is 682 g/mol. The molecule has 2 saturated heterocycles. The summed E-state index contributed by atoms with van der Waals surface area (Å²) in [5, 5.41) is 13.1. The lowest BCUT2D eigenvalue weighted by Crippen LogP contribution is -2.61. The monoisotopic (exact) mass is 729 g/mol. The molecule has 1 aromatic rings. The van der Waals surface area contributed by atoms with E-state index >= 15 is 0 Å². The second kappa shape index (κ2) is 14.0. The minimum atomic E-state index is -1.47. The number of nitrogens with zero attached hydrogens (tertiary/aromatic N) is 2. The van der Waals surface area contributed by atoms with E-state index in [1.807, 2.05) is 44.2 Å². The molecule has 4 aliphatic heterocycles. The summed E-state index contributed by atoms with van der Waals surface area (Å²) >= 11 is 3.59. The number of likely N-dealkylation sites (tertiary alicyclic amines) is 1. The molecule has 3 amide bonds. The van der Waals surface area contributed by atoms with Crippen molar-refractivity contribution in [2.24, 2.45) is 17.3 Å². The predicted molar refractivity (Wildman–Crippen MR) is 182 cm³/mol. The minimum absolute atomic E-state index is 0.0631. The number of fused-ring (bicyclic) bond motifs is 2. The van der Waals surface area contributed by atoms with Gasteiger partial charge in [-0.3, -0.25) is 19.2 Å². The third kappa shape index (κ3) is 6.86. The van der Waals surface area contributed by atoms with Crippen LogP contribution in [-0.4, -0.2) is 101 Å². The number of carbonyl (C=O) groups is 4. The van der Waals surface area contributed by atoms with Gasteiger partial charge in [-0.1, -0.05) is 79.2 Å².